The highest BCUT2D eigenvalue weighted by molar-refractivity contribution is 6.14. The van der Waals surface area contributed by atoms with E-state index in [1.165, 1.54) is 10.9 Å². The van der Waals surface area contributed by atoms with Crippen molar-refractivity contribution in [1.82, 2.24) is 19.7 Å². The molecule has 0 atom stereocenters. The average molecular weight is 511 g/mol. The van der Waals surface area contributed by atoms with E-state index < -0.39 is 5.91 Å². The topological polar surface area (TPSA) is 122 Å². The van der Waals surface area contributed by atoms with Crippen LogP contribution in [0.1, 0.15) is 10.4 Å². The highest BCUT2D eigenvalue weighted by Crippen LogP contribution is 2.41. The number of carbonyl (C=O) groups is 1. The Morgan fingerprint density at radius 2 is 1.62 bits per heavy atom. The molecule has 0 aliphatic rings. The van der Waals surface area contributed by atoms with E-state index in [2.05, 4.69) is 35.5 Å². The number of anilines is 1. The summed E-state index contributed by atoms with van der Waals surface area (Å²) in [5, 5.41) is 30.0. The van der Waals surface area contributed by atoms with E-state index >= 15 is 0 Å². The molecule has 0 aliphatic heterocycles. The third-order valence-electron chi connectivity index (χ3n) is 6.11. The van der Waals surface area contributed by atoms with Crippen molar-refractivity contribution < 1.29 is 9.90 Å². The van der Waals surface area contributed by atoms with Crippen molar-refractivity contribution in [3.8, 4) is 11.7 Å². The normalized spacial score (nSPS) is 11.2. The number of amides is 1. The summed E-state index contributed by atoms with van der Waals surface area (Å²) < 4.78 is 1.28. The number of phenols is 1. The molecular weight excluding hydrogens is 492 g/mol. The SMILES string of the molecule is [C-]#[N+]c1cnn(-c2ncccn2)c1N=Nc1c(O)c(C(=O)Nc2cccc3ccccc23)cc2ccccc12. The largest absolute Gasteiger partial charge is 0.505 e. The monoisotopic (exact) mass is 510 g/mol. The molecule has 0 unspecified atom stereocenters. The Hall–Kier alpha value is -5.95. The lowest BCUT2D eigenvalue weighted by Crippen LogP contribution is -2.12. The molecule has 0 bridgehead atoms. The van der Waals surface area contributed by atoms with Gasteiger partial charge in [0.05, 0.1) is 18.3 Å². The van der Waals surface area contributed by atoms with Crippen molar-refractivity contribution in [1.29, 1.82) is 0 Å². The van der Waals surface area contributed by atoms with Crippen LogP contribution >= 0.6 is 0 Å². The summed E-state index contributed by atoms with van der Waals surface area (Å²) in [5.74, 6) is -0.554. The number of aromatic nitrogens is 4. The van der Waals surface area contributed by atoms with Crippen molar-refractivity contribution in [3.63, 3.8) is 0 Å². The number of nitrogens with zero attached hydrogens (tertiary/aromatic N) is 7. The first-order valence-electron chi connectivity index (χ1n) is 11.8. The average Bonchev–Trinajstić information content (AvgIpc) is 3.40. The molecule has 6 aromatic rings. The minimum Gasteiger partial charge on any atom is -0.505 e. The summed E-state index contributed by atoms with van der Waals surface area (Å²) in [6.45, 7) is 7.50. The molecule has 0 radical (unpaired) electrons. The van der Waals surface area contributed by atoms with E-state index in [0.717, 1.165) is 10.8 Å². The number of rotatable bonds is 5. The summed E-state index contributed by atoms with van der Waals surface area (Å²) in [4.78, 5) is 25.2. The first-order chi connectivity index (χ1) is 19.1. The third kappa shape index (κ3) is 4.30. The Morgan fingerprint density at radius 1 is 0.897 bits per heavy atom. The molecule has 186 valence electrons. The molecule has 0 saturated carbocycles. The van der Waals surface area contributed by atoms with Gasteiger partial charge in [0.1, 0.15) is 5.69 Å². The maximum atomic E-state index is 13.4. The second-order valence-electron chi connectivity index (χ2n) is 8.45. The van der Waals surface area contributed by atoms with Crippen LogP contribution in [0.3, 0.4) is 0 Å². The van der Waals surface area contributed by atoms with Crippen LogP contribution in [-0.2, 0) is 0 Å². The highest BCUT2D eigenvalue weighted by Gasteiger charge is 2.20. The second kappa shape index (κ2) is 9.84. The maximum absolute atomic E-state index is 13.4. The van der Waals surface area contributed by atoms with Crippen LogP contribution in [0.2, 0.25) is 0 Å². The molecule has 0 fully saturated rings. The van der Waals surface area contributed by atoms with Gasteiger partial charge < -0.3 is 10.4 Å². The number of hydrogen-bond donors (Lipinski definition) is 2. The lowest BCUT2D eigenvalue weighted by atomic mass is 10.0. The van der Waals surface area contributed by atoms with Gasteiger partial charge in [-0.15, -0.1) is 10.2 Å². The van der Waals surface area contributed by atoms with Crippen LogP contribution in [-0.4, -0.2) is 30.8 Å². The molecule has 0 aliphatic carbocycles. The molecule has 2 aromatic heterocycles. The molecule has 1 amide bonds. The molecule has 2 N–H and O–H groups in total. The van der Waals surface area contributed by atoms with Crippen LogP contribution in [0, 0.1) is 6.57 Å². The van der Waals surface area contributed by atoms with Gasteiger partial charge in [-0.3, -0.25) is 4.79 Å². The van der Waals surface area contributed by atoms with Gasteiger partial charge in [0.15, 0.2) is 11.6 Å². The molecule has 10 heteroatoms. The summed E-state index contributed by atoms with van der Waals surface area (Å²) in [6, 6.07) is 23.8. The highest BCUT2D eigenvalue weighted by atomic mass is 16.3. The number of carbonyl (C=O) groups excluding carboxylic acids is 1. The predicted octanol–water partition coefficient (Wildman–Crippen LogP) is 6.89. The van der Waals surface area contributed by atoms with Crippen LogP contribution in [0.4, 0.5) is 22.9 Å². The fraction of sp³-hybridized carbons (Fsp3) is 0. The molecular formula is C29H18N8O2. The molecule has 6 rings (SSSR count). The molecule has 39 heavy (non-hydrogen) atoms. The summed E-state index contributed by atoms with van der Waals surface area (Å²) in [5.41, 5.74) is 0.844. The van der Waals surface area contributed by atoms with E-state index in [4.69, 9.17) is 6.57 Å². The first kappa shape index (κ1) is 23.4. The van der Waals surface area contributed by atoms with Gasteiger partial charge in [0, 0.05) is 28.9 Å². The minimum absolute atomic E-state index is 0.0286. The summed E-state index contributed by atoms with van der Waals surface area (Å²) in [6.07, 6.45) is 4.42. The summed E-state index contributed by atoms with van der Waals surface area (Å²) in [7, 11) is 0. The Morgan fingerprint density at radius 3 is 2.41 bits per heavy atom. The van der Waals surface area contributed by atoms with Crippen LogP contribution in [0.15, 0.2) is 108 Å². The second-order valence-corrected chi connectivity index (χ2v) is 8.45. The van der Waals surface area contributed by atoms with Crippen LogP contribution in [0.5, 0.6) is 5.75 Å². The fourth-order valence-corrected chi connectivity index (χ4v) is 4.27. The Labute approximate surface area is 221 Å². The zero-order chi connectivity index (χ0) is 26.8. The quantitative estimate of drug-likeness (QED) is 0.193. The lowest BCUT2D eigenvalue weighted by Gasteiger charge is -2.12. The van der Waals surface area contributed by atoms with Gasteiger partial charge >= 0.3 is 0 Å². The molecule has 4 aromatic carbocycles. The van der Waals surface area contributed by atoms with Gasteiger partial charge in [-0.25, -0.2) is 14.8 Å². The van der Waals surface area contributed by atoms with E-state index in [9.17, 15) is 9.90 Å². The number of fused-ring (bicyclic) bond motifs is 2. The smallest absolute Gasteiger partial charge is 0.259 e. The van der Waals surface area contributed by atoms with Crippen molar-refractivity contribution in [2.75, 3.05) is 5.32 Å². The standard InChI is InChI=1S/C29H18N8O2/c1-30-24-17-33-37(29-31-14-7-15-32-29)27(24)36-35-25-21-12-5-3-9-19(21)16-22(26(25)38)28(39)34-23-13-6-10-18-8-2-4-11-20(18)23/h2-17,38H,(H,34,39). The number of benzene rings is 4. The Bertz CT molecular complexity index is 1940. The van der Waals surface area contributed by atoms with Crippen molar-refractivity contribution in [2.45, 2.75) is 0 Å². The van der Waals surface area contributed by atoms with Crippen molar-refractivity contribution in [3.05, 3.63) is 114 Å². The van der Waals surface area contributed by atoms with Gasteiger partial charge in [-0.2, -0.15) is 9.78 Å². The third-order valence-corrected chi connectivity index (χ3v) is 6.11. The molecule has 10 nitrogen and oxygen atoms in total. The number of aromatic hydroxyl groups is 1. The first-order valence-corrected chi connectivity index (χ1v) is 11.8. The van der Waals surface area contributed by atoms with Gasteiger partial charge in [0.2, 0.25) is 0 Å². The van der Waals surface area contributed by atoms with E-state index in [0.29, 0.717) is 16.5 Å². The van der Waals surface area contributed by atoms with Crippen LogP contribution in [0.25, 0.3) is 32.3 Å². The predicted molar refractivity (Wildman–Crippen MR) is 147 cm³/mol. The molecule has 0 spiro atoms. The number of nitrogens with one attached hydrogen (secondary N) is 1. The van der Waals surface area contributed by atoms with E-state index in [1.54, 1.807) is 42.7 Å². The Kier molecular flexibility index (Phi) is 5.91. The minimum atomic E-state index is -0.504. The fourth-order valence-electron chi connectivity index (χ4n) is 4.27. The van der Waals surface area contributed by atoms with Crippen LogP contribution < -0.4 is 5.32 Å². The van der Waals surface area contributed by atoms with Crippen molar-refractivity contribution in [2.24, 2.45) is 10.2 Å². The molecule has 2 heterocycles. The van der Waals surface area contributed by atoms with Crippen molar-refractivity contribution >= 4 is 50.3 Å². The number of azo groups is 1. The number of phenolic OH excluding ortho intramolecular Hbond substituents is 1. The van der Waals surface area contributed by atoms with E-state index in [1.807, 2.05) is 48.5 Å². The van der Waals surface area contributed by atoms with Gasteiger partial charge in [-0.05, 0) is 29.0 Å². The lowest BCUT2D eigenvalue weighted by molar-refractivity contribution is 0.102. The van der Waals surface area contributed by atoms with Gasteiger partial charge in [0.25, 0.3) is 17.5 Å². The zero-order valence-corrected chi connectivity index (χ0v) is 20.2. The summed E-state index contributed by atoms with van der Waals surface area (Å²) >= 11 is 0. The van der Waals surface area contributed by atoms with Gasteiger partial charge in [-0.1, -0.05) is 60.7 Å². The maximum Gasteiger partial charge on any atom is 0.259 e. The number of hydrogen-bond acceptors (Lipinski definition) is 7. The molecule has 0 saturated heterocycles. The van der Waals surface area contributed by atoms with E-state index in [-0.39, 0.29) is 34.5 Å². The Balaban J connectivity index is 1.45. The zero-order valence-electron chi connectivity index (χ0n) is 20.2.